The summed E-state index contributed by atoms with van der Waals surface area (Å²) in [5.41, 5.74) is 15.1. The van der Waals surface area contributed by atoms with Gasteiger partial charge in [0.1, 0.15) is 0 Å². The SMILES string of the molecule is c1ccc(-n2c3ccccc3c3c4c5c(cc32)N(c2cccc3ccccc23)c2c(ccc3ccccc23)B5n2c3ccccc3c3cccc-4c32)cc1. The van der Waals surface area contributed by atoms with Gasteiger partial charge < -0.3 is 13.9 Å². The van der Waals surface area contributed by atoms with Crippen LogP contribution in [0, 0.1) is 0 Å². The molecule has 54 heavy (non-hydrogen) atoms. The minimum atomic E-state index is -0.0404. The lowest BCUT2D eigenvalue weighted by Gasteiger charge is -2.41. The third kappa shape index (κ3) is 3.48. The number of fused-ring (bicyclic) bond motifs is 14. The van der Waals surface area contributed by atoms with Gasteiger partial charge >= 0.3 is 6.85 Å². The molecular weight excluding hydrogens is 653 g/mol. The van der Waals surface area contributed by atoms with E-state index in [4.69, 9.17) is 0 Å². The molecule has 2 aliphatic heterocycles. The van der Waals surface area contributed by atoms with Crippen LogP contribution in [0.15, 0.2) is 182 Å². The Kier molecular flexibility index (Phi) is 5.45. The zero-order valence-electron chi connectivity index (χ0n) is 29.2. The van der Waals surface area contributed by atoms with Gasteiger partial charge in [-0.05, 0) is 63.7 Å². The summed E-state index contributed by atoms with van der Waals surface area (Å²) < 4.78 is 5.16. The summed E-state index contributed by atoms with van der Waals surface area (Å²) in [4.78, 5) is 2.61. The maximum atomic E-state index is 2.67. The summed E-state index contributed by atoms with van der Waals surface area (Å²) in [6.07, 6.45) is 0. The first kappa shape index (κ1) is 28.5. The number of aromatic nitrogens is 2. The molecule has 0 fully saturated rings. The number of hydrogen-bond acceptors (Lipinski definition) is 1. The van der Waals surface area contributed by atoms with E-state index in [1.807, 2.05) is 0 Å². The van der Waals surface area contributed by atoms with Gasteiger partial charge in [0.2, 0.25) is 0 Å². The number of benzene rings is 9. The fourth-order valence-corrected chi connectivity index (χ4v) is 10.2. The van der Waals surface area contributed by atoms with E-state index in [0.717, 1.165) is 5.69 Å². The summed E-state index contributed by atoms with van der Waals surface area (Å²) in [6.45, 7) is -0.0404. The van der Waals surface area contributed by atoms with Gasteiger partial charge in [-0.3, -0.25) is 0 Å². The van der Waals surface area contributed by atoms with Crippen molar-refractivity contribution in [2.75, 3.05) is 4.90 Å². The van der Waals surface area contributed by atoms with Gasteiger partial charge in [-0.1, -0.05) is 146 Å². The van der Waals surface area contributed by atoms with Crippen LogP contribution in [0.25, 0.3) is 82.0 Å². The number of para-hydroxylation sites is 4. The fraction of sp³-hybridized carbons (Fsp3) is 0. The molecule has 0 aliphatic carbocycles. The molecule has 0 atom stereocenters. The van der Waals surface area contributed by atoms with Gasteiger partial charge in [0.05, 0.1) is 22.4 Å². The Hall–Kier alpha value is -7.04. The van der Waals surface area contributed by atoms with Crippen LogP contribution in [0.5, 0.6) is 0 Å². The van der Waals surface area contributed by atoms with Gasteiger partial charge in [-0.2, -0.15) is 0 Å². The van der Waals surface area contributed by atoms with Crippen LogP contribution < -0.4 is 15.8 Å². The maximum absolute atomic E-state index is 2.67. The first-order valence-electron chi connectivity index (χ1n) is 18.8. The summed E-state index contributed by atoms with van der Waals surface area (Å²) in [5, 5.41) is 10.1. The Labute approximate surface area is 311 Å². The second kappa shape index (κ2) is 10.3. The van der Waals surface area contributed by atoms with Crippen molar-refractivity contribution in [3.63, 3.8) is 0 Å². The molecule has 0 radical (unpaired) electrons. The van der Waals surface area contributed by atoms with Crippen molar-refractivity contribution in [1.82, 2.24) is 9.05 Å². The molecule has 0 amide bonds. The highest BCUT2D eigenvalue weighted by Gasteiger charge is 2.44. The number of anilines is 3. The molecule has 0 unspecified atom stereocenters. The van der Waals surface area contributed by atoms with E-state index in [9.17, 15) is 0 Å². The summed E-state index contributed by atoms with van der Waals surface area (Å²) in [6, 6.07) is 67.7. The number of rotatable bonds is 2. The van der Waals surface area contributed by atoms with Gasteiger partial charge in [-0.15, -0.1) is 0 Å². The Morgan fingerprint density at radius 1 is 0.426 bits per heavy atom. The van der Waals surface area contributed by atoms with Crippen molar-refractivity contribution in [3.8, 4) is 16.8 Å². The summed E-state index contributed by atoms with van der Waals surface area (Å²) in [5.74, 6) is 0. The minimum absolute atomic E-state index is 0.0404. The highest BCUT2D eigenvalue weighted by atomic mass is 15.2. The molecule has 4 heteroatoms. The monoisotopic (exact) mass is 683 g/mol. The van der Waals surface area contributed by atoms with E-state index < -0.39 is 0 Å². The average Bonchev–Trinajstić information content (AvgIpc) is 3.75. The van der Waals surface area contributed by atoms with Crippen molar-refractivity contribution in [3.05, 3.63) is 182 Å². The van der Waals surface area contributed by atoms with Crippen LogP contribution >= 0.6 is 0 Å². The smallest absolute Gasteiger partial charge is 0.333 e. The summed E-state index contributed by atoms with van der Waals surface area (Å²) in [7, 11) is 0. The van der Waals surface area contributed by atoms with E-state index in [1.54, 1.807) is 0 Å². The van der Waals surface area contributed by atoms with Crippen LogP contribution in [0.2, 0.25) is 0 Å². The quantitative estimate of drug-likeness (QED) is 0.165. The van der Waals surface area contributed by atoms with Crippen LogP contribution in [0.4, 0.5) is 17.1 Å². The lowest BCUT2D eigenvalue weighted by atomic mass is 9.44. The van der Waals surface area contributed by atoms with Gasteiger partial charge in [0.15, 0.2) is 0 Å². The predicted octanol–water partition coefficient (Wildman–Crippen LogP) is 11.6. The minimum Gasteiger partial charge on any atom is -0.375 e. The van der Waals surface area contributed by atoms with E-state index in [0.29, 0.717) is 0 Å². The Bertz CT molecular complexity index is 3400. The molecule has 0 saturated heterocycles. The maximum Gasteiger partial charge on any atom is 0.333 e. The first-order valence-corrected chi connectivity index (χ1v) is 18.8. The van der Waals surface area contributed by atoms with E-state index in [2.05, 4.69) is 196 Å². The van der Waals surface area contributed by atoms with E-state index >= 15 is 0 Å². The van der Waals surface area contributed by atoms with E-state index in [1.165, 1.54) is 104 Å². The standard InChI is InChI=1S/C50H30BN3/c1-2-17-33(18-3-1)52-42-25-10-9-22-38(42)46-44(52)30-45-48-47(46)39-24-13-23-37-36-21-8-11-26-43(36)54(49(37)39)51(48)40-29-28-32-15-5-7-20-35(32)50(40)53(45)41-27-12-16-31-14-4-6-19-34(31)41/h1-30H. The lowest BCUT2D eigenvalue weighted by molar-refractivity contribution is 1.18. The molecule has 2 aliphatic rings. The predicted molar refractivity (Wildman–Crippen MR) is 229 cm³/mol. The van der Waals surface area contributed by atoms with Crippen LogP contribution in [-0.4, -0.2) is 15.9 Å². The largest absolute Gasteiger partial charge is 0.375 e. The first-order chi connectivity index (χ1) is 26.8. The van der Waals surface area contributed by atoms with Crippen LogP contribution in [0.3, 0.4) is 0 Å². The van der Waals surface area contributed by atoms with E-state index in [-0.39, 0.29) is 6.85 Å². The molecule has 0 N–H and O–H groups in total. The Morgan fingerprint density at radius 2 is 1.07 bits per heavy atom. The van der Waals surface area contributed by atoms with Crippen molar-refractivity contribution in [1.29, 1.82) is 0 Å². The molecule has 2 aromatic heterocycles. The van der Waals surface area contributed by atoms with Gasteiger partial charge in [-0.25, -0.2) is 0 Å². The molecule has 0 saturated carbocycles. The van der Waals surface area contributed by atoms with Crippen molar-refractivity contribution < 1.29 is 0 Å². The number of nitrogens with zero attached hydrogens (tertiary/aromatic N) is 3. The third-order valence-electron chi connectivity index (χ3n) is 12.2. The van der Waals surface area contributed by atoms with Crippen molar-refractivity contribution in [2.24, 2.45) is 0 Å². The third-order valence-corrected chi connectivity index (χ3v) is 12.2. The van der Waals surface area contributed by atoms with Gasteiger partial charge in [0, 0.05) is 60.3 Å². The zero-order valence-corrected chi connectivity index (χ0v) is 29.2. The molecule has 13 rings (SSSR count). The van der Waals surface area contributed by atoms with Crippen molar-refractivity contribution >= 4 is 100.0 Å². The second-order valence-electron chi connectivity index (χ2n) is 14.8. The van der Waals surface area contributed by atoms with Crippen LogP contribution in [0.1, 0.15) is 0 Å². The molecule has 3 nitrogen and oxygen atoms in total. The molecular formula is C50H30BN3. The summed E-state index contributed by atoms with van der Waals surface area (Å²) >= 11 is 0. The highest BCUT2D eigenvalue weighted by Crippen LogP contribution is 2.51. The Balaban J connectivity index is 1.32. The average molecular weight is 684 g/mol. The van der Waals surface area contributed by atoms with Crippen molar-refractivity contribution in [2.45, 2.75) is 0 Å². The zero-order chi connectivity index (χ0) is 35.1. The molecule has 248 valence electrons. The molecule has 9 aromatic carbocycles. The highest BCUT2D eigenvalue weighted by molar-refractivity contribution is 6.90. The molecule has 11 aromatic rings. The van der Waals surface area contributed by atoms with Gasteiger partial charge in [0.25, 0.3) is 0 Å². The normalized spacial score (nSPS) is 13.1. The number of hydrogen-bond donors (Lipinski definition) is 0. The molecule has 0 bridgehead atoms. The fourth-order valence-electron chi connectivity index (χ4n) is 10.2. The second-order valence-corrected chi connectivity index (χ2v) is 14.8. The Morgan fingerprint density at radius 3 is 1.93 bits per heavy atom. The molecule has 0 spiro atoms. The topological polar surface area (TPSA) is 13.1 Å². The lowest BCUT2D eigenvalue weighted by Crippen LogP contribution is -2.56. The molecule has 4 heterocycles. The van der Waals surface area contributed by atoms with Crippen LogP contribution in [-0.2, 0) is 0 Å².